The lowest BCUT2D eigenvalue weighted by atomic mass is 10.1. The molecule has 1 fully saturated rings. The molecule has 1 aromatic rings. The zero-order valence-corrected chi connectivity index (χ0v) is 10.6. The molecular weight excluding hydrogens is 214 g/mol. The maximum absolute atomic E-state index is 5.70. The molecule has 3 N–H and O–H groups in total. The number of anilines is 2. The molecule has 1 atom stereocenters. The molecule has 0 spiro atoms. The molecule has 5 heteroatoms. The summed E-state index contributed by atoms with van der Waals surface area (Å²) < 4.78 is 0. The lowest BCUT2D eigenvalue weighted by Crippen LogP contribution is -2.23. The van der Waals surface area contributed by atoms with Crippen molar-refractivity contribution in [3.63, 3.8) is 0 Å². The molecule has 1 aliphatic heterocycles. The number of hydrogen-bond acceptors (Lipinski definition) is 5. The summed E-state index contributed by atoms with van der Waals surface area (Å²) in [6.07, 6.45) is 2.78. The van der Waals surface area contributed by atoms with E-state index in [9.17, 15) is 0 Å². The Balaban J connectivity index is 2.06. The van der Waals surface area contributed by atoms with Gasteiger partial charge in [0.2, 0.25) is 0 Å². The highest BCUT2D eigenvalue weighted by Crippen LogP contribution is 2.22. The van der Waals surface area contributed by atoms with Gasteiger partial charge >= 0.3 is 0 Å². The van der Waals surface area contributed by atoms with Gasteiger partial charge in [0, 0.05) is 25.2 Å². The van der Waals surface area contributed by atoms with Gasteiger partial charge in [-0.3, -0.25) is 0 Å². The van der Waals surface area contributed by atoms with Crippen molar-refractivity contribution in [2.24, 2.45) is 11.7 Å². The maximum atomic E-state index is 5.70. The van der Waals surface area contributed by atoms with Crippen LogP contribution in [-0.2, 0) is 0 Å². The molecule has 0 aliphatic carbocycles. The predicted molar refractivity (Wildman–Crippen MR) is 70.2 cm³/mol. The third kappa shape index (κ3) is 3.06. The van der Waals surface area contributed by atoms with Crippen LogP contribution in [0.15, 0.2) is 12.4 Å². The quantitative estimate of drug-likeness (QED) is 0.817. The normalized spacial score (nSPS) is 20.0. The second-order valence-electron chi connectivity index (χ2n) is 4.90. The van der Waals surface area contributed by atoms with Crippen LogP contribution in [-0.4, -0.2) is 35.6 Å². The number of nitrogens with two attached hydrogens (primary N) is 1. The minimum Gasteiger partial charge on any atom is -0.368 e. The van der Waals surface area contributed by atoms with Crippen LogP contribution < -0.4 is 16.0 Å². The van der Waals surface area contributed by atoms with E-state index in [0.29, 0.717) is 12.0 Å². The fraction of sp³-hybridized carbons (Fsp3) is 0.667. The highest BCUT2D eigenvalue weighted by Gasteiger charge is 2.22. The summed E-state index contributed by atoms with van der Waals surface area (Å²) in [7, 11) is 0. The molecule has 0 aromatic carbocycles. The molecule has 0 bridgehead atoms. The molecular formula is C12H21N5. The summed E-state index contributed by atoms with van der Waals surface area (Å²) in [6, 6.07) is 2.40. The number of hydrogen-bond donors (Lipinski definition) is 2. The Morgan fingerprint density at radius 1 is 1.53 bits per heavy atom. The van der Waals surface area contributed by atoms with Gasteiger partial charge < -0.3 is 16.0 Å². The summed E-state index contributed by atoms with van der Waals surface area (Å²) in [5, 5.41) is 3.29. The lowest BCUT2D eigenvalue weighted by Gasteiger charge is -2.18. The van der Waals surface area contributed by atoms with Crippen LogP contribution >= 0.6 is 0 Å². The van der Waals surface area contributed by atoms with Gasteiger partial charge in [-0.25, -0.2) is 9.97 Å². The van der Waals surface area contributed by atoms with Crippen LogP contribution in [0.1, 0.15) is 20.3 Å². The number of aromatic nitrogens is 2. The Hall–Kier alpha value is -1.36. The summed E-state index contributed by atoms with van der Waals surface area (Å²) in [4.78, 5) is 10.8. The first kappa shape index (κ1) is 12.1. The van der Waals surface area contributed by atoms with E-state index in [1.165, 1.54) is 0 Å². The topological polar surface area (TPSA) is 67.1 Å². The molecule has 1 unspecified atom stereocenters. The van der Waals surface area contributed by atoms with Gasteiger partial charge in [0.05, 0.1) is 0 Å². The fourth-order valence-corrected chi connectivity index (χ4v) is 2.13. The molecule has 17 heavy (non-hydrogen) atoms. The summed E-state index contributed by atoms with van der Waals surface area (Å²) in [5.74, 6) is 2.49. The van der Waals surface area contributed by atoms with E-state index < -0.39 is 0 Å². The van der Waals surface area contributed by atoms with E-state index in [0.717, 1.165) is 37.7 Å². The van der Waals surface area contributed by atoms with Crippen molar-refractivity contribution in [3.8, 4) is 0 Å². The first-order valence-corrected chi connectivity index (χ1v) is 6.22. The third-order valence-electron chi connectivity index (χ3n) is 3.03. The third-order valence-corrected chi connectivity index (χ3v) is 3.03. The molecule has 0 amide bonds. The van der Waals surface area contributed by atoms with Crippen LogP contribution in [0, 0.1) is 5.92 Å². The predicted octanol–water partition coefficient (Wildman–Crippen LogP) is 1.08. The molecule has 1 aromatic heterocycles. The molecule has 94 valence electrons. The number of rotatable bonds is 4. The largest absolute Gasteiger partial charge is 0.368 e. The first-order chi connectivity index (χ1) is 8.19. The second-order valence-corrected chi connectivity index (χ2v) is 4.90. The summed E-state index contributed by atoms with van der Waals surface area (Å²) in [5.41, 5.74) is 5.70. The molecule has 0 saturated carbocycles. The Labute approximate surface area is 102 Å². The summed E-state index contributed by atoms with van der Waals surface area (Å²) in [6.45, 7) is 7.01. The number of nitrogens with zero attached hydrogens (tertiary/aromatic N) is 3. The molecule has 0 radical (unpaired) electrons. The van der Waals surface area contributed by atoms with Crippen molar-refractivity contribution in [2.75, 3.05) is 29.9 Å². The zero-order chi connectivity index (χ0) is 12.3. The van der Waals surface area contributed by atoms with Crippen LogP contribution in [0.3, 0.4) is 0 Å². The van der Waals surface area contributed by atoms with Gasteiger partial charge in [0.25, 0.3) is 0 Å². The van der Waals surface area contributed by atoms with Crippen molar-refractivity contribution in [1.82, 2.24) is 9.97 Å². The Morgan fingerprint density at radius 3 is 3.00 bits per heavy atom. The average molecular weight is 235 g/mol. The standard InChI is InChI=1S/C12H21N5/c1-9(2)16-11-5-12(15-8-14-11)17-4-3-10(6-13)7-17/h5,8-10H,3-4,6-7,13H2,1-2H3,(H,14,15,16). The van der Waals surface area contributed by atoms with Gasteiger partial charge in [0.15, 0.2) is 0 Å². The Morgan fingerprint density at radius 2 is 2.35 bits per heavy atom. The smallest absolute Gasteiger partial charge is 0.134 e. The van der Waals surface area contributed by atoms with E-state index in [2.05, 4.69) is 34.0 Å². The van der Waals surface area contributed by atoms with E-state index in [1.54, 1.807) is 6.33 Å². The van der Waals surface area contributed by atoms with Crippen molar-refractivity contribution in [2.45, 2.75) is 26.3 Å². The van der Waals surface area contributed by atoms with Crippen molar-refractivity contribution < 1.29 is 0 Å². The van der Waals surface area contributed by atoms with E-state index in [4.69, 9.17) is 5.73 Å². The van der Waals surface area contributed by atoms with Crippen molar-refractivity contribution in [1.29, 1.82) is 0 Å². The van der Waals surface area contributed by atoms with Crippen LogP contribution in [0.5, 0.6) is 0 Å². The second kappa shape index (κ2) is 5.31. The minimum absolute atomic E-state index is 0.383. The Kier molecular flexibility index (Phi) is 3.78. The van der Waals surface area contributed by atoms with E-state index >= 15 is 0 Å². The summed E-state index contributed by atoms with van der Waals surface area (Å²) >= 11 is 0. The van der Waals surface area contributed by atoms with E-state index in [-0.39, 0.29) is 0 Å². The Bertz CT molecular complexity index is 366. The van der Waals surface area contributed by atoms with Gasteiger partial charge in [-0.05, 0) is 32.7 Å². The van der Waals surface area contributed by atoms with Crippen molar-refractivity contribution >= 4 is 11.6 Å². The monoisotopic (exact) mass is 235 g/mol. The number of nitrogens with one attached hydrogen (secondary N) is 1. The highest BCUT2D eigenvalue weighted by molar-refractivity contribution is 5.49. The van der Waals surface area contributed by atoms with Crippen molar-refractivity contribution in [3.05, 3.63) is 12.4 Å². The van der Waals surface area contributed by atoms with Gasteiger partial charge in [-0.15, -0.1) is 0 Å². The highest BCUT2D eigenvalue weighted by atomic mass is 15.2. The molecule has 2 rings (SSSR count). The molecule has 1 saturated heterocycles. The van der Waals surface area contributed by atoms with Crippen LogP contribution in [0.4, 0.5) is 11.6 Å². The zero-order valence-electron chi connectivity index (χ0n) is 10.6. The molecule has 1 aliphatic rings. The van der Waals surface area contributed by atoms with Crippen LogP contribution in [0.25, 0.3) is 0 Å². The van der Waals surface area contributed by atoms with Gasteiger partial charge in [-0.2, -0.15) is 0 Å². The SMILES string of the molecule is CC(C)Nc1cc(N2CCC(CN)C2)ncn1. The average Bonchev–Trinajstić information content (AvgIpc) is 2.77. The molecule has 5 nitrogen and oxygen atoms in total. The van der Waals surface area contributed by atoms with Gasteiger partial charge in [-0.1, -0.05) is 0 Å². The molecule has 2 heterocycles. The van der Waals surface area contributed by atoms with Crippen LogP contribution in [0.2, 0.25) is 0 Å². The lowest BCUT2D eigenvalue weighted by molar-refractivity contribution is 0.602. The van der Waals surface area contributed by atoms with E-state index in [1.807, 2.05) is 6.07 Å². The van der Waals surface area contributed by atoms with Gasteiger partial charge in [0.1, 0.15) is 18.0 Å². The maximum Gasteiger partial charge on any atom is 0.134 e. The fourth-order valence-electron chi connectivity index (χ4n) is 2.13. The first-order valence-electron chi connectivity index (χ1n) is 6.22. The minimum atomic E-state index is 0.383.